The van der Waals surface area contributed by atoms with Crippen LogP contribution in [0.2, 0.25) is 0 Å². The Kier molecular flexibility index (Phi) is 11.6. The Labute approximate surface area is 183 Å². The number of benzene rings is 1. The van der Waals surface area contributed by atoms with Gasteiger partial charge in [-0.3, -0.25) is 9.59 Å². The maximum atomic E-state index is 12.6. The van der Waals surface area contributed by atoms with Crippen molar-refractivity contribution in [3.05, 3.63) is 35.4 Å². The van der Waals surface area contributed by atoms with Gasteiger partial charge in [-0.05, 0) is 30.9 Å². The summed E-state index contributed by atoms with van der Waals surface area (Å²) in [5.41, 5.74) is 1.27. The minimum atomic E-state index is -1.02. The first-order chi connectivity index (χ1) is 14.1. The molecule has 0 aromatic heterocycles. The Bertz CT molecular complexity index is 656. The van der Waals surface area contributed by atoms with Crippen molar-refractivity contribution < 1.29 is 23.8 Å². The minimum absolute atomic E-state index is 0.0645. The number of unbranched alkanes of at least 4 members (excludes halogenated alkanes) is 3. The van der Waals surface area contributed by atoms with E-state index in [0.717, 1.165) is 11.7 Å². The highest BCUT2D eigenvalue weighted by molar-refractivity contribution is 7.73. The first-order valence-corrected chi connectivity index (χ1v) is 13.9. The molecule has 30 heavy (non-hydrogen) atoms. The molecule has 170 valence electrons. The Balaban J connectivity index is 2.58. The molecule has 1 atom stereocenters. The van der Waals surface area contributed by atoms with Crippen molar-refractivity contribution in [1.29, 1.82) is 0 Å². The van der Waals surface area contributed by atoms with Crippen molar-refractivity contribution in [3.8, 4) is 0 Å². The summed E-state index contributed by atoms with van der Waals surface area (Å²) in [5, 5.41) is 0. The first kappa shape index (κ1) is 26.6. The SMILES string of the molecule is CCCCCC[P+](C)(C)Cc1ccc(COC(=O)C(C)(COC)COC(C)=O)cc1. The second-order valence-corrected chi connectivity index (χ2v) is 13.7. The number of esters is 2. The van der Waals surface area contributed by atoms with Crippen LogP contribution in [0.4, 0.5) is 0 Å². The molecule has 0 bridgehead atoms. The van der Waals surface area contributed by atoms with Crippen LogP contribution in [0.3, 0.4) is 0 Å². The summed E-state index contributed by atoms with van der Waals surface area (Å²) in [5.74, 6) is -0.870. The fraction of sp³-hybridized carbons (Fsp3) is 0.667. The smallest absolute Gasteiger partial charge is 0.317 e. The van der Waals surface area contributed by atoms with Crippen molar-refractivity contribution in [1.82, 2.24) is 0 Å². The van der Waals surface area contributed by atoms with Gasteiger partial charge in [-0.2, -0.15) is 0 Å². The summed E-state index contributed by atoms with van der Waals surface area (Å²) in [6.07, 6.45) is 7.76. The third kappa shape index (κ3) is 10.0. The normalized spacial score (nSPS) is 13.5. The van der Waals surface area contributed by atoms with Gasteiger partial charge in [0.05, 0.1) is 18.9 Å². The molecule has 0 N–H and O–H groups in total. The van der Waals surface area contributed by atoms with Crippen LogP contribution in [0.1, 0.15) is 57.6 Å². The summed E-state index contributed by atoms with van der Waals surface area (Å²) >= 11 is 0. The van der Waals surface area contributed by atoms with Crippen LogP contribution in [-0.4, -0.2) is 51.8 Å². The molecule has 1 unspecified atom stereocenters. The Hall–Kier alpha value is -1.45. The highest BCUT2D eigenvalue weighted by Gasteiger charge is 2.36. The Morgan fingerprint density at radius 1 is 0.967 bits per heavy atom. The zero-order valence-electron chi connectivity index (χ0n) is 19.7. The molecule has 1 aromatic rings. The van der Waals surface area contributed by atoms with Crippen LogP contribution in [0.25, 0.3) is 0 Å². The lowest BCUT2D eigenvalue weighted by Gasteiger charge is -2.25. The molecular formula is C24H40O5P+. The second kappa shape index (κ2) is 13.1. The van der Waals surface area contributed by atoms with Gasteiger partial charge >= 0.3 is 11.9 Å². The number of hydrogen-bond acceptors (Lipinski definition) is 5. The van der Waals surface area contributed by atoms with E-state index < -0.39 is 24.6 Å². The number of carbonyl (C=O) groups excluding carboxylic acids is 2. The monoisotopic (exact) mass is 439 g/mol. The lowest BCUT2D eigenvalue weighted by molar-refractivity contribution is -0.167. The Morgan fingerprint density at radius 3 is 2.17 bits per heavy atom. The van der Waals surface area contributed by atoms with Gasteiger partial charge in [-0.1, -0.05) is 44.0 Å². The predicted molar refractivity (Wildman–Crippen MR) is 124 cm³/mol. The fourth-order valence-corrected chi connectivity index (χ4v) is 5.78. The number of methoxy groups -OCH3 is 1. The number of carbonyl (C=O) groups is 2. The molecule has 0 aliphatic rings. The average molecular weight is 440 g/mol. The van der Waals surface area contributed by atoms with Crippen LogP contribution in [0.5, 0.6) is 0 Å². The number of rotatable bonds is 14. The third-order valence-electron chi connectivity index (χ3n) is 5.17. The van der Waals surface area contributed by atoms with E-state index in [-0.39, 0.29) is 19.8 Å². The minimum Gasteiger partial charge on any atom is -0.465 e. The molecule has 0 aliphatic heterocycles. The van der Waals surface area contributed by atoms with Crippen molar-refractivity contribution in [3.63, 3.8) is 0 Å². The molecule has 0 saturated heterocycles. The van der Waals surface area contributed by atoms with E-state index in [4.69, 9.17) is 14.2 Å². The zero-order valence-corrected chi connectivity index (χ0v) is 20.6. The maximum Gasteiger partial charge on any atom is 0.317 e. The van der Waals surface area contributed by atoms with Crippen molar-refractivity contribution in [2.75, 3.05) is 39.8 Å². The highest BCUT2D eigenvalue weighted by atomic mass is 31.2. The molecule has 0 saturated carbocycles. The van der Waals surface area contributed by atoms with E-state index in [0.29, 0.717) is 0 Å². The van der Waals surface area contributed by atoms with Gasteiger partial charge < -0.3 is 14.2 Å². The molecule has 6 heteroatoms. The van der Waals surface area contributed by atoms with E-state index in [1.54, 1.807) is 6.92 Å². The molecule has 5 nitrogen and oxygen atoms in total. The van der Waals surface area contributed by atoms with Gasteiger partial charge in [0.2, 0.25) is 0 Å². The molecular weight excluding hydrogens is 399 g/mol. The Morgan fingerprint density at radius 2 is 1.60 bits per heavy atom. The summed E-state index contributed by atoms with van der Waals surface area (Å²) in [7, 11) is 0.569. The van der Waals surface area contributed by atoms with E-state index in [9.17, 15) is 9.59 Å². The number of ether oxygens (including phenoxy) is 3. The lowest BCUT2D eigenvalue weighted by Crippen LogP contribution is -2.39. The molecule has 0 heterocycles. The predicted octanol–water partition coefficient (Wildman–Crippen LogP) is 5.30. The van der Waals surface area contributed by atoms with Gasteiger partial charge in [0.25, 0.3) is 0 Å². The van der Waals surface area contributed by atoms with Gasteiger partial charge in [-0.25, -0.2) is 0 Å². The first-order valence-electron chi connectivity index (χ1n) is 10.8. The van der Waals surface area contributed by atoms with Crippen LogP contribution < -0.4 is 0 Å². The quantitative estimate of drug-likeness (QED) is 0.224. The van der Waals surface area contributed by atoms with Gasteiger partial charge in [0.15, 0.2) is 0 Å². The lowest BCUT2D eigenvalue weighted by atomic mass is 9.93. The molecule has 0 aliphatic carbocycles. The molecule has 0 spiro atoms. The van der Waals surface area contributed by atoms with Gasteiger partial charge in [-0.15, -0.1) is 0 Å². The topological polar surface area (TPSA) is 61.8 Å². The third-order valence-corrected chi connectivity index (χ3v) is 7.92. The van der Waals surface area contributed by atoms with E-state index in [1.807, 2.05) is 12.1 Å². The number of hydrogen-bond donors (Lipinski definition) is 0. The van der Waals surface area contributed by atoms with Crippen LogP contribution in [0, 0.1) is 5.41 Å². The van der Waals surface area contributed by atoms with Crippen LogP contribution >= 0.6 is 7.26 Å². The van der Waals surface area contributed by atoms with E-state index >= 15 is 0 Å². The fourth-order valence-electron chi connectivity index (χ4n) is 3.34. The van der Waals surface area contributed by atoms with Crippen LogP contribution in [0.15, 0.2) is 24.3 Å². The standard InChI is InChI=1S/C24H40O5P/c1-7-8-9-10-15-30(5,6)17-22-13-11-21(12-14-22)16-28-23(26)24(3,18-27-4)19-29-20(2)25/h11-14H,7-10,15-19H2,1-6H3/q+1. The second-order valence-electron chi connectivity index (χ2n) is 9.04. The maximum absolute atomic E-state index is 12.6. The van der Waals surface area contributed by atoms with Crippen molar-refractivity contribution in [2.24, 2.45) is 5.41 Å². The summed E-state index contributed by atoms with van der Waals surface area (Å²) in [4.78, 5) is 23.7. The molecule has 0 radical (unpaired) electrons. The highest BCUT2D eigenvalue weighted by Crippen LogP contribution is 2.55. The largest absolute Gasteiger partial charge is 0.465 e. The molecule has 0 fully saturated rings. The molecule has 1 rings (SSSR count). The molecule has 0 amide bonds. The van der Waals surface area contributed by atoms with E-state index in [2.05, 4.69) is 32.4 Å². The van der Waals surface area contributed by atoms with Crippen molar-refractivity contribution in [2.45, 2.75) is 59.2 Å². The summed E-state index contributed by atoms with van der Waals surface area (Å²) < 4.78 is 15.6. The summed E-state index contributed by atoms with van der Waals surface area (Å²) in [6, 6.07) is 8.34. The van der Waals surface area contributed by atoms with Crippen LogP contribution in [-0.2, 0) is 36.6 Å². The van der Waals surface area contributed by atoms with Gasteiger partial charge in [0, 0.05) is 34.6 Å². The average Bonchev–Trinajstić information content (AvgIpc) is 2.69. The van der Waals surface area contributed by atoms with E-state index in [1.165, 1.54) is 51.4 Å². The van der Waals surface area contributed by atoms with Gasteiger partial charge in [0.1, 0.15) is 18.6 Å². The molecule has 1 aromatic carbocycles. The van der Waals surface area contributed by atoms with Crippen molar-refractivity contribution >= 4 is 19.2 Å². The summed E-state index contributed by atoms with van der Waals surface area (Å²) in [6.45, 7) is 10.4. The zero-order chi connectivity index (χ0) is 22.6.